The van der Waals surface area contributed by atoms with Crippen molar-refractivity contribution in [1.82, 2.24) is 9.78 Å². The third-order valence-corrected chi connectivity index (χ3v) is 4.51. The van der Waals surface area contributed by atoms with Gasteiger partial charge in [-0.2, -0.15) is 5.10 Å². The molecule has 1 amide bonds. The van der Waals surface area contributed by atoms with Gasteiger partial charge in [-0.25, -0.2) is 9.07 Å². The third kappa shape index (κ3) is 3.05. The fourth-order valence-electron chi connectivity index (χ4n) is 3.27. The summed E-state index contributed by atoms with van der Waals surface area (Å²) < 4.78 is 14.8. The van der Waals surface area contributed by atoms with Crippen LogP contribution in [0.3, 0.4) is 0 Å². The Balaban J connectivity index is 1.62. The molecule has 126 valence electrons. The van der Waals surface area contributed by atoms with Gasteiger partial charge in [0.2, 0.25) is 0 Å². The molecule has 1 aliphatic rings. The van der Waals surface area contributed by atoms with Crippen molar-refractivity contribution in [3.63, 3.8) is 0 Å². The van der Waals surface area contributed by atoms with E-state index in [1.165, 1.54) is 23.3 Å². The maximum Gasteiger partial charge on any atom is 0.256 e. The number of benzene rings is 2. The van der Waals surface area contributed by atoms with Gasteiger partial charge in [0.25, 0.3) is 5.91 Å². The first-order valence-corrected chi connectivity index (χ1v) is 8.36. The van der Waals surface area contributed by atoms with Crippen LogP contribution < -0.4 is 5.32 Å². The van der Waals surface area contributed by atoms with Gasteiger partial charge < -0.3 is 5.32 Å². The number of nitrogens with zero attached hydrogens (tertiary/aromatic N) is 2. The van der Waals surface area contributed by atoms with Crippen LogP contribution in [0, 0.1) is 12.7 Å². The molecule has 4 rings (SSSR count). The van der Waals surface area contributed by atoms with Crippen molar-refractivity contribution < 1.29 is 9.18 Å². The van der Waals surface area contributed by atoms with Crippen LogP contribution in [-0.4, -0.2) is 15.7 Å². The molecule has 1 aliphatic carbocycles. The fraction of sp³-hybridized carbons (Fsp3) is 0.200. The molecule has 0 unspecified atom stereocenters. The van der Waals surface area contributed by atoms with Crippen LogP contribution in [0.15, 0.2) is 48.5 Å². The molecule has 0 bridgehead atoms. The zero-order valence-electron chi connectivity index (χ0n) is 13.9. The lowest BCUT2D eigenvalue weighted by atomic mass is 10.1. The smallest absolute Gasteiger partial charge is 0.256 e. The highest BCUT2D eigenvalue weighted by molar-refractivity contribution is 6.04. The Labute approximate surface area is 145 Å². The summed E-state index contributed by atoms with van der Waals surface area (Å²) in [6, 6.07) is 13.7. The number of carbonyl (C=O) groups excluding carboxylic acids is 1. The summed E-state index contributed by atoms with van der Waals surface area (Å²) in [6.45, 7) is 1.85. The second-order valence-electron chi connectivity index (χ2n) is 6.35. The lowest BCUT2D eigenvalue weighted by molar-refractivity contribution is 0.102. The first kappa shape index (κ1) is 15.6. The molecule has 0 saturated heterocycles. The van der Waals surface area contributed by atoms with Crippen molar-refractivity contribution in [3.05, 3.63) is 76.7 Å². The maximum atomic E-state index is 13.1. The Morgan fingerprint density at radius 1 is 1.08 bits per heavy atom. The minimum Gasteiger partial charge on any atom is -0.306 e. The number of anilines is 1. The lowest BCUT2D eigenvalue weighted by Crippen LogP contribution is -2.15. The van der Waals surface area contributed by atoms with Gasteiger partial charge in [0.15, 0.2) is 0 Å². The van der Waals surface area contributed by atoms with Crippen molar-refractivity contribution in [2.75, 3.05) is 5.32 Å². The zero-order chi connectivity index (χ0) is 17.4. The van der Waals surface area contributed by atoms with Crippen LogP contribution in [-0.2, 0) is 12.8 Å². The maximum absolute atomic E-state index is 13.1. The van der Waals surface area contributed by atoms with Crippen molar-refractivity contribution in [1.29, 1.82) is 0 Å². The quantitative estimate of drug-likeness (QED) is 0.784. The van der Waals surface area contributed by atoms with E-state index in [0.29, 0.717) is 17.1 Å². The molecule has 1 N–H and O–H groups in total. The monoisotopic (exact) mass is 335 g/mol. The Morgan fingerprint density at radius 2 is 1.84 bits per heavy atom. The largest absolute Gasteiger partial charge is 0.306 e. The molecule has 4 nitrogen and oxygen atoms in total. The molecule has 0 radical (unpaired) electrons. The highest BCUT2D eigenvalue weighted by Crippen LogP contribution is 2.24. The summed E-state index contributed by atoms with van der Waals surface area (Å²) in [6.07, 6.45) is 3.27. The van der Waals surface area contributed by atoms with Crippen molar-refractivity contribution >= 4 is 11.7 Å². The lowest BCUT2D eigenvalue weighted by Gasteiger charge is -2.10. The van der Waals surface area contributed by atoms with E-state index in [0.717, 1.165) is 25.0 Å². The molecule has 0 atom stereocenters. The van der Waals surface area contributed by atoms with E-state index < -0.39 is 0 Å². The number of halogens is 1. The molecule has 25 heavy (non-hydrogen) atoms. The van der Waals surface area contributed by atoms with E-state index >= 15 is 0 Å². The number of carbonyl (C=O) groups is 1. The summed E-state index contributed by atoms with van der Waals surface area (Å²) in [5.41, 5.74) is 4.71. The number of rotatable bonds is 3. The van der Waals surface area contributed by atoms with E-state index in [2.05, 4.69) is 10.4 Å². The minimum absolute atomic E-state index is 0.169. The van der Waals surface area contributed by atoms with Crippen LogP contribution in [0.1, 0.15) is 33.6 Å². The highest BCUT2D eigenvalue weighted by atomic mass is 19.1. The van der Waals surface area contributed by atoms with Crippen molar-refractivity contribution in [2.24, 2.45) is 0 Å². The predicted octanol–water partition coefficient (Wildman–Crippen LogP) is 4.06. The van der Waals surface area contributed by atoms with Crippen LogP contribution in [0.2, 0.25) is 0 Å². The summed E-state index contributed by atoms with van der Waals surface area (Å²) in [5, 5.41) is 7.31. The average molecular weight is 335 g/mol. The van der Waals surface area contributed by atoms with E-state index in [-0.39, 0.29) is 11.7 Å². The molecule has 1 aromatic heterocycles. The van der Waals surface area contributed by atoms with E-state index in [1.807, 2.05) is 25.1 Å². The van der Waals surface area contributed by atoms with E-state index in [1.54, 1.807) is 22.9 Å². The van der Waals surface area contributed by atoms with Crippen LogP contribution >= 0.6 is 0 Å². The van der Waals surface area contributed by atoms with Crippen LogP contribution in [0.25, 0.3) is 5.69 Å². The van der Waals surface area contributed by atoms with Gasteiger partial charge in [-0.3, -0.25) is 4.79 Å². The van der Waals surface area contributed by atoms with Crippen LogP contribution in [0.5, 0.6) is 0 Å². The molecular weight excluding hydrogens is 317 g/mol. The summed E-state index contributed by atoms with van der Waals surface area (Å²) in [4.78, 5) is 12.6. The second-order valence-corrected chi connectivity index (χ2v) is 6.35. The molecule has 1 heterocycles. The predicted molar refractivity (Wildman–Crippen MR) is 94.7 cm³/mol. The number of aryl methyl sites for hydroxylation is 3. The van der Waals surface area contributed by atoms with E-state index in [9.17, 15) is 9.18 Å². The Bertz CT molecular complexity index is 944. The third-order valence-electron chi connectivity index (χ3n) is 4.51. The molecule has 0 saturated carbocycles. The Morgan fingerprint density at radius 3 is 2.64 bits per heavy atom. The summed E-state index contributed by atoms with van der Waals surface area (Å²) in [7, 11) is 0. The number of hydrogen-bond acceptors (Lipinski definition) is 2. The summed E-state index contributed by atoms with van der Waals surface area (Å²) >= 11 is 0. The molecular formula is C20H18FN3O. The van der Waals surface area contributed by atoms with Gasteiger partial charge in [-0.05, 0) is 73.7 Å². The number of hydrogen-bond donors (Lipinski definition) is 1. The van der Waals surface area contributed by atoms with Gasteiger partial charge in [-0.1, -0.05) is 6.07 Å². The Kier molecular flexibility index (Phi) is 3.84. The molecule has 0 fully saturated rings. The SMILES string of the molecule is Cc1cc(NC(=O)c2ccc3c(c2)CCC3)n(-c2ccc(F)cc2)n1. The topological polar surface area (TPSA) is 46.9 Å². The van der Waals surface area contributed by atoms with Gasteiger partial charge in [0.05, 0.1) is 11.4 Å². The van der Waals surface area contributed by atoms with Crippen LogP contribution in [0.4, 0.5) is 10.2 Å². The molecule has 0 aliphatic heterocycles. The molecule has 0 spiro atoms. The first-order valence-electron chi connectivity index (χ1n) is 8.36. The normalized spacial score (nSPS) is 12.9. The fourth-order valence-corrected chi connectivity index (χ4v) is 3.27. The number of fused-ring (bicyclic) bond motifs is 1. The zero-order valence-corrected chi connectivity index (χ0v) is 13.9. The van der Waals surface area contributed by atoms with Gasteiger partial charge in [-0.15, -0.1) is 0 Å². The first-order chi connectivity index (χ1) is 12.1. The number of aromatic nitrogens is 2. The Hall–Kier alpha value is -2.95. The van der Waals surface area contributed by atoms with Gasteiger partial charge >= 0.3 is 0 Å². The minimum atomic E-state index is -0.309. The summed E-state index contributed by atoms with van der Waals surface area (Å²) in [5.74, 6) is 0.0870. The van der Waals surface area contributed by atoms with Crippen molar-refractivity contribution in [2.45, 2.75) is 26.2 Å². The number of amides is 1. The van der Waals surface area contributed by atoms with Gasteiger partial charge in [0.1, 0.15) is 11.6 Å². The van der Waals surface area contributed by atoms with Gasteiger partial charge in [0, 0.05) is 11.6 Å². The molecule has 2 aromatic carbocycles. The molecule has 5 heteroatoms. The number of nitrogens with one attached hydrogen (secondary N) is 1. The van der Waals surface area contributed by atoms with Crippen molar-refractivity contribution in [3.8, 4) is 5.69 Å². The second kappa shape index (κ2) is 6.16. The molecule has 3 aromatic rings. The van der Waals surface area contributed by atoms with E-state index in [4.69, 9.17) is 0 Å². The highest BCUT2D eigenvalue weighted by Gasteiger charge is 2.16. The standard InChI is InChI=1S/C20H18FN3O/c1-13-11-19(24(23-13)18-9-7-17(21)8-10-18)22-20(25)16-6-5-14-3-2-4-15(14)12-16/h5-12H,2-4H2,1H3,(H,22,25). The average Bonchev–Trinajstić information content (AvgIpc) is 3.21.